The fourth-order valence-electron chi connectivity index (χ4n) is 5.65. The minimum atomic E-state index is -0.552. The summed E-state index contributed by atoms with van der Waals surface area (Å²) in [4.78, 5) is 30.5. The van der Waals surface area contributed by atoms with Gasteiger partial charge in [-0.05, 0) is 80.5 Å². The average Bonchev–Trinajstić information content (AvgIpc) is 2.85. The number of benzene rings is 2. The van der Waals surface area contributed by atoms with Gasteiger partial charge in [-0.3, -0.25) is 14.5 Å². The number of carbonyl (C=O) groups is 2. The molecule has 0 radical (unpaired) electrons. The number of aliphatic hydroxyl groups is 1. The predicted octanol–water partition coefficient (Wildman–Crippen LogP) is 2.76. The van der Waals surface area contributed by atoms with Crippen LogP contribution in [0.2, 0.25) is 0 Å². The molecule has 2 fully saturated rings. The van der Waals surface area contributed by atoms with Crippen LogP contribution < -0.4 is 10.1 Å². The number of carbonyl (C=O) groups excluding carboxylic acids is 2. The molecule has 186 valence electrons. The average molecular weight is 478 g/mol. The Bertz CT molecular complexity index is 1060. The summed E-state index contributed by atoms with van der Waals surface area (Å²) >= 11 is 0. The van der Waals surface area contributed by atoms with E-state index in [0.717, 1.165) is 48.4 Å². The summed E-state index contributed by atoms with van der Waals surface area (Å²) in [6, 6.07) is 16.0. The molecule has 3 aliphatic heterocycles. The molecule has 7 nitrogen and oxygen atoms in total. The van der Waals surface area contributed by atoms with Crippen LogP contribution in [-0.4, -0.2) is 72.1 Å². The van der Waals surface area contributed by atoms with E-state index in [1.165, 1.54) is 0 Å². The van der Waals surface area contributed by atoms with E-state index in [2.05, 4.69) is 17.4 Å². The summed E-state index contributed by atoms with van der Waals surface area (Å²) < 4.78 is 6.12. The van der Waals surface area contributed by atoms with Gasteiger partial charge >= 0.3 is 0 Å². The molecule has 0 aliphatic carbocycles. The van der Waals surface area contributed by atoms with Gasteiger partial charge < -0.3 is 20.1 Å². The Labute approximate surface area is 207 Å². The number of likely N-dealkylation sites (tertiary alicyclic amines) is 2. The quantitative estimate of drug-likeness (QED) is 0.695. The van der Waals surface area contributed by atoms with Crippen molar-refractivity contribution in [3.8, 4) is 11.5 Å². The Morgan fingerprint density at radius 3 is 2.51 bits per heavy atom. The molecule has 1 unspecified atom stereocenters. The van der Waals surface area contributed by atoms with Crippen molar-refractivity contribution in [2.45, 2.75) is 44.6 Å². The van der Waals surface area contributed by atoms with E-state index in [-0.39, 0.29) is 17.9 Å². The number of fused-ring (bicyclic) bond motifs is 4. The van der Waals surface area contributed by atoms with Gasteiger partial charge in [0.2, 0.25) is 11.8 Å². The van der Waals surface area contributed by atoms with Crippen molar-refractivity contribution in [1.82, 2.24) is 15.1 Å². The first-order valence-electron chi connectivity index (χ1n) is 12.8. The van der Waals surface area contributed by atoms with Crippen molar-refractivity contribution < 1.29 is 19.4 Å². The third kappa shape index (κ3) is 5.68. The van der Waals surface area contributed by atoms with Crippen LogP contribution in [0.4, 0.5) is 0 Å². The maximum atomic E-state index is 13.6. The van der Waals surface area contributed by atoms with Crippen LogP contribution in [0.15, 0.2) is 48.5 Å². The molecule has 7 heteroatoms. The van der Waals surface area contributed by atoms with E-state index in [4.69, 9.17) is 4.74 Å². The summed E-state index contributed by atoms with van der Waals surface area (Å²) in [5.74, 6) is 1.73. The van der Waals surface area contributed by atoms with Crippen molar-refractivity contribution in [3.63, 3.8) is 0 Å². The van der Waals surface area contributed by atoms with Crippen molar-refractivity contribution in [2.75, 3.05) is 39.3 Å². The fourth-order valence-corrected chi connectivity index (χ4v) is 5.65. The van der Waals surface area contributed by atoms with Crippen LogP contribution in [-0.2, 0) is 22.4 Å². The Morgan fingerprint density at radius 2 is 1.77 bits per heavy atom. The second-order valence-electron chi connectivity index (χ2n) is 10.3. The number of nitrogens with one attached hydrogen (secondary N) is 1. The molecule has 0 aromatic heterocycles. The van der Waals surface area contributed by atoms with Crippen LogP contribution in [0.25, 0.3) is 0 Å². The molecule has 3 heterocycles. The smallest absolute Gasteiger partial charge is 0.236 e. The molecule has 1 spiro atoms. The lowest BCUT2D eigenvalue weighted by Gasteiger charge is -2.41. The number of aliphatic hydroxyl groups excluding tert-OH is 1. The van der Waals surface area contributed by atoms with Gasteiger partial charge in [-0.25, -0.2) is 0 Å². The number of hydrogen-bond acceptors (Lipinski definition) is 5. The number of ether oxygens (including phenoxy) is 1. The lowest BCUT2D eigenvalue weighted by Crippen LogP contribution is -2.53. The van der Waals surface area contributed by atoms with Crippen LogP contribution in [0, 0.1) is 5.41 Å². The molecule has 5 rings (SSSR count). The monoisotopic (exact) mass is 477 g/mol. The zero-order valence-corrected chi connectivity index (χ0v) is 20.2. The highest BCUT2D eigenvalue weighted by molar-refractivity contribution is 5.84. The molecule has 2 aromatic carbocycles. The van der Waals surface area contributed by atoms with E-state index in [1.807, 2.05) is 46.2 Å². The first-order valence-corrected chi connectivity index (χ1v) is 12.8. The summed E-state index contributed by atoms with van der Waals surface area (Å²) in [6.45, 7) is 3.46. The largest absolute Gasteiger partial charge is 0.457 e. The van der Waals surface area contributed by atoms with E-state index < -0.39 is 5.41 Å². The van der Waals surface area contributed by atoms with Gasteiger partial charge in [0.15, 0.2) is 0 Å². The second kappa shape index (κ2) is 10.4. The third-order valence-corrected chi connectivity index (χ3v) is 7.67. The minimum absolute atomic E-state index is 0.0745. The Kier molecular flexibility index (Phi) is 7.07. The second-order valence-corrected chi connectivity index (χ2v) is 10.3. The van der Waals surface area contributed by atoms with Crippen molar-refractivity contribution in [1.29, 1.82) is 0 Å². The maximum absolute atomic E-state index is 13.6. The van der Waals surface area contributed by atoms with Crippen molar-refractivity contribution in [2.24, 2.45) is 5.41 Å². The highest BCUT2D eigenvalue weighted by Crippen LogP contribution is 2.37. The predicted molar refractivity (Wildman–Crippen MR) is 133 cm³/mol. The van der Waals surface area contributed by atoms with Gasteiger partial charge in [-0.15, -0.1) is 0 Å². The first-order chi connectivity index (χ1) is 17.0. The summed E-state index contributed by atoms with van der Waals surface area (Å²) in [7, 11) is 0. The number of β-amino-alcohol motifs (C(OH)–C–C–N with tert-alkyl or cyclic N) is 1. The highest BCUT2D eigenvalue weighted by atomic mass is 16.5. The molecule has 3 aliphatic rings. The number of hydrogen-bond donors (Lipinski definition) is 2. The van der Waals surface area contributed by atoms with E-state index in [1.54, 1.807) is 0 Å². The van der Waals surface area contributed by atoms with Crippen LogP contribution >= 0.6 is 0 Å². The zero-order chi connectivity index (χ0) is 24.3. The van der Waals surface area contributed by atoms with Crippen LogP contribution in [0.5, 0.6) is 11.5 Å². The first kappa shape index (κ1) is 23.8. The molecule has 2 aromatic rings. The highest BCUT2D eigenvalue weighted by Gasteiger charge is 2.42. The number of amides is 2. The summed E-state index contributed by atoms with van der Waals surface area (Å²) in [5.41, 5.74) is 1.63. The number of piperidine rings is 2. The molecular formula is C28H35N3O4. The Balaban J connectivity index is 1.30. The molecule has 35 heavy (non-hydrogen) atoms. The van der Waals surface area contributed by atoms with Gasteiger partial charge in [0.25, 0.3) is 0 Å². The zero-order valence-electron chi connectivity index (χ0n) is 20.2. The Morgan fingerprint density at radius 1 is 1.06 bits per heavy atom. The molecule has 4 bridgehead atoms. The Hall–Kier alpha value is -2.90. The molecule has 2 N–H and O–H groups in total. The topological polar surface area (TPSA) is 82.1 Å². The summed E-state index contributed by atoms with van der Waals surface area (Å²) in [5, 5.41) is 13.1. The molecule has 2 amide bonds. The van der Waals surface area contributed by atoms with E-state index in [0.29, 0.717) is 52.0 Å². The van der Waals surface area contributed by atoms with E-state index in [9.17, 15) is 14.7 Å². The van der Waals surface area contributed by atoms with Gasteiger partial charge in [0, 0.05) is 26.2 Å². The summed E-state index contributed by atoms with van der Waals surface area (Å²) in [6.07, 6.45) is 4.01. The van der Waals surface area contributed by atoms with Gasteiger partial charge in [0.05, 0.1) is 18.1 Å². The SMILES string of the molecule is O=C(CN1CCCC(O)C1)N1CCC2(CC1)Cc1cccc(c1)Oc1cccc(c1)CCNC2=O. The molecule has 1 atom stereocenters. The standard InChI is InChI=1S/C28H35N3O4/c32-23-6-3-13-30(19-23)20-26(33)31-14-10-28(11-15-31)18-22-5-2-8-25(17-22)35-24-7-1-4-21(16-24)9-12-29-27(28)34/h1-2,4-5,7-8,16-17,23,32H,3,6,9-15,18-20H2,(H,29,34). The third-order valence-electron chi connectivity index (χ3n) is 7.67. The number of rotatable bonds is 2. The van der Waals surface area contributed by atoms with Gasteiger partial charge in [-0.2, -0.15) is 0 Å². The van der Waals surface area contributed by atoms with Gasteiger partial charge in [-0.1, -0.05) is 24.3 Å². The van der Waals surface area contributed by atoms with Crippen LogP contribution in [0.1, 0.15) is 36.8 Å². The molecular weight excluding hydrogens is 442 g/mol. The lowest BCUT2D eigenvalue weighted by molar-refractivity contribution is -0.141. The van der Waals surface area contributed by atoms with Crippen LogP contribution in [0.3, 0.4) is 0 Å². The van der Waals surface area contributed by atoms with Gasteiger partial charge in [0.1, 0.15) is 11.5 Å². The maximum Gasteiger partial charge on any atom is 0.236 e. The normalized spacial score (nSPS) is 22.8. The molecule has 0 saturated carbocycles. The lowest BCUT2D eigenvalue weighted by atomic mass is 9.72. The number of nitrogens with zero attached hydrogens (tertiary/aromatic N) is 2. The fraction of sp³-hybridized carbons (Fsp3) is 0.500. The van der Waals surface area contributed by atoms with Crippen molar-refractivity contribution in [3.05, 3.63) is 59.7 Å². The molecule has 2 saturated heterocycles. The minimum Gasteiger partial charge on any atom is -0.457 e. The van der Waals surface area contributed by atoms with E-state index >= 15 is 0 Å². The van der Waals surface area contributed by atoms with Crippen molar-refractivity contribution >= 4 is 11.8 Å².